The van der Waals surface area contributed by atoms with Crippen LogP contribution in [-0.4, -0.2) is 21.9 Å². The van der Waals surface area contributed by atoms with E-state index in [0.717, 1.165) is 5.22 Å². The molecule has 2 N–H and O–H groups in total. The first kappa shape index (κ1) is 25.3. The van der Waals surface area contributed by atoms with E-state index in [1.165, 1.54) is 24.4 Å². The average Bonchev–Trinajstić information content (AvgIpc) is 3.19. The first-order valence-electron chi connectivity index (χ1n) is 11.1. The van der Waals surface area contributed by atoms with Crippen LogP contribution < -0.4 is 36.4 Å². The van der Waals surface area contributed by atoms with Crippen molar-refractivity contribution in [3.05, 3.63) is 80.4 Å². The predicted molar refractivity (Wildman–Crippen MR) is 134 cm³/mol. The molecule has 0 saturated carbocycles. The molecule has 1 atom stereocenters. The Bertz CT molecular complexity index is 1660. The quantitative estimate of drug-likeness (QED) is 0.332. The van der Waals surface area contributed by atoms with Crippen LogP contribution in [-0.2, 0) is 16.4 Å². The van der Waals surface area contributed by atoms with Gasteiger partial charge in [0, 0.05) is 5.02 Å². The summed E-state index contributed by atoms with van der Waals surface area (Å²) in [5.41, 5.74) is 2.41. The minimum absolute atomic E-state index is 0.000702. The zero-order chi connectivity index (χ0) is 25.6. The number of alkyl halides is 1. The van der Waals surface area contributed by atoms with Gasteiger partial charge in [-0.2, -0.15) is 0 Å². The Morgan fingerprint density at radius 2 is 1.94 bits per heavy atom. The molecule has 0 spiro atoms. The molecule has 2 aliphatic rings. The molecule has 36 heavy (non-hydrogen) atoms. The molecule has 0 unspecified atom stereocenters. The van der Waals surface area contributed by atoms with Crippen molar-refractivity contribution in [1.82, 2.24) is 0 Å². The molecule has 0 amide bonds. The topological polar surface area (TPSA) is 78.8 Å². The van der Waals surface area contributed by atoms with Crippen molar-refractivity contribution in [3.8, 4) is 11.1 Å². The molecule has 0 bridgehead atoms. The summed E-state index contributed by atoms with van der Waals surface area (Å²) in [5, 5.41) is 12.0. The van der Waals surface area contributed by atoms with Gasteiger partial charge in [0.2, 0.25) is 0 Å². The normalized spacial score (nSPS) is 19.2. The average molecular weight is 642 g/mol. The third kappa shape index (κ3) is 4.81. The maximum atomic E-state index is 15.1. The van der Waals surface area contributed by atoms with Gasteiger partial charge in [0.05, 0.1) is 6.10 Å². The molecule has 188 valence electrons. The van der Waals surface area contributed by atoms with E-state index in [1.54, 1.807) is 25.1 Å². The van der Waals surface area contributed by atoms with E-state index < -0.39 is 43.1 Å². The van der Waals surface area contributed by atoms with Crippen LogP contribution in [0, 0.1) is 12.7 Å². The van der Waals surface area contributed by atoms with Gasteiger partial charge in [-0.15, -0.1) is 0 Å². The molecular weight excluding hydrogens is 621 g/mol. The number of sulfonamides is 1. The number of nitrogens with zero attached hydrogens (tertiary/aromatic N) is 1. The number of rotatable bonds is 4. The van der Waals surface area contributed by atoms with Crippen LogP contribution in [0.2, 0.25) is 5.02 Å². The van der Waals surface area contributed by atoms with E-state index in [1.807, 2.05) is 12.1 Å². The molecule has 5 rings (SSSR count). The monoisotopic (exact) mass is 641 g/mol. The van der Waals surface area contributed by atoms with Gasteiger partial charge in [0.1, 0.15) is 0 Å². The number of hydrogen-bond donors (Lipinski definition) is 2. The molecule has 10 heteroatoms. The van der Waals surface area contributed by atoms with Crippen molar-refractivity contribution in [1.29, 1.82) is 0 Å². The van der Waals surface area contributed by atoms with Gasteiger partial charge in [0.25, 0.3) is 0 Å². The Balaban J connectivity index is 1.58. The van der Waals surface area contributed by atoms with Gasteiger partial charge in [0.15, 0.2) is 0 Å². The fourth-order valence-electron chi connectivity index (χ4n) is 4.58. The van der Waals surface area contributed by atoms with Crippen LogP contribution >= 0.6 is 11.6 Å². The van der Waals surface area contributed by atoms with E-state index in [9.17, 15) is 17.9 Å². The molecule has 0 saturated heterocycles. The second-order valence-electron chi connectivity index (χ2n) is 8.56. The SMILES string of the molecule is Cc1c(NS(=O)(=O)c2cc(Cl)cc3c2CC[C@H]3O)ccc(F)c1-c1ccc2/c(c1)=C\N=C(F)[I-]C/C=2. The number of halogens is 4. The number of aliphatic hydroxyl groups excluding tert-OH is 1. The molecule has 1 aliphatic heterocycles. The number of aliphatic hydroxyl groups is 1. The zero-order valence-electron chi connectivity index (χ0n) is 19.0. The second-order valence-corrected chi connectivity index (χ2v) is 13.2. The molecular formula is C26H21ClF2IN2O3S-. The third-order valence-electron chi connectivity index (χ3n) is 6.34. The molecule has 3 aromatic carbocycles. The Morgan fingerprint density at radius 3 is 2.75 bits per heavy atom. The summed E-state index contributed by atoms with van der Waals surface area (Å²) in [5.74, 6) is -0.516. The second kappa shape index (κ2) is 9.85. The van der Waals surface area contributed by atoms with Crippen molar-refractivity contribution in [2.24, 2.45) is 4.99 Å². The number of hydrogen-bond acceptors (Lipinski definition) is 4. The molecule has 5 nitrogen and oxygen atoms in total. The van der Waals surface area contributed by atoms with Gasteiger partial charge in [-0.25, -0.2) is 0 Å². The van der Waals surface area contributed by atoms with Crippen molar-refractivity contribution < 1.29 is 43.5 Å². The summed E-state index contributed by atoms with van der Waals surface area (Å²) in [6.07, 6.45) is 3.45. The van der Waals surface area contributed by atoms with Gasteiger partial charge < -0.3 is 5.11 Å². The van der Waals surface area contributed by atoms with Gasteiger partial charge >= 0.3 is 160 Å². The van der Waals surface area contributed by atoms with Crippen molar-refractivity contribution in [3.63, 3.8) is 0 Å². The predicted octanol–water partition coefficient (Wildman–Crippen LogP) is 1.18. The van der Waals surface area contributed by atoms with Crippen molar-refractivity contribution in [2.45, 2.75) is 30.8 Å². The first-order chi connectivity index (χ1) is 17.1. The number of aliphatic imine (C=N–C) groups is 1. The van der Waals surface area contributed by atoms with Crippen LogP contribution in [0.5, 0.6) is 0 Å². The Hall–Kier alpha value is -2.34. The number of anilines is 1. The van der Waals surface area contributed by atoms with E-state index >= 15 is 4.39 Å². The van der Waals surface area contributed by atoms with Crippen LogP contribution in [0.1, 0.15) is 29.2 Å². The molecule has 1 heterocycles. The Morgan fingerprint density at radius 1 is 1.14 bits per heavy atom. The van der Waals surface area contributed by atoms with Crippen LogP contribution in [0.3, 0.4) is 0 Å². The maximum absolute atomic E-state index is 15.1. The van der Waals surface area contributed by atoms with Gasteiger partial charge in [-0.1, -0.05) is 11.6 Å². The number of fused-ring (bicyclic) bond motifs is 2. The van der Waals surface area contributed by atoms with Crippen molar-refractivity contribution in [2.75, 3.05) is 9.15 Å². The summed E-state index contributed by atoms with van der Waals surface area (Å²) >= 11 is 5.38. The molecule has 3 aromatic rings. The van der Waals surface area contributed by atoms with Crippen LogP contribution in [0.4, 0.5) is 14.5 Å². The third-order valence-corrected chi connectivity index (χ3v) is 9.78. The van der Waals surface area contributed by atoms with E-state index in [4.69, 9.17) is 11.6 Å². The first-order valence-corrected chi connectivity index (χ1v) is 15.6. The van der Waals surface area contributed by atoms with E-state index in [-0.39, 0.29) is 25.1 Å². The van der Waals surface area contributed by atoms with Crippen LogP contribution in [0.25, 0.3) is 23.4 Å². The fraction of sp³-hybridized carbons (Fsp3) is 0.192. The summed E-state index contributed by atoms with van der Waals surface area (Å²) in [4.78, 5) is 3.89. The van der Waals surface area contributed by atoms with Gasteiger partial charge in [-0.05, 0) is 36.1 Å². The molecule has 0 radical (unpaired) electrons. The molecule has 0 fully saturated rings. The van der Waals surface area contributed by atoms with E-state index in [0.29, 0.717) is 44.7 Å². The molecule has 0 aromatic heterocycles. The van der Waals surface area contributed by atoms with Gasteiger partial charge in [-0.3, -0.25) is 0 Å². The summed E-state index contributed by atoms with van der Waals surface area (Å²) < 4.78 is 58.4. The van der Waals surface area contributed by atoms with Crippen LogP contribution in [0.15, 0.2) is 52.4 Å². The fourth-order valence-corrected chi connectivity index (χ4v) is 7.72. The standard InChI is InChI=1S/C26H21ClF2IN2O3S/c1-14-22(32-36(34,35)24-12-18(27)11-20-19(24)4-7-23(20)33)6-5-21(28)25(14)16-3-2-15-8-9-30-26(29)31-13-17(15)10-16/h2-3,5-6,8,10-13,23,32-33H,4,7,9H2,1H3/q-1/b15-8+,17-13-,31-26?/t23-/m1/s1. The van der Waals surface area contributed by atoms with E-state index in [2.05, 4.69) is 9.71 Å². The molecule has 1 aliphatic carbocycles. The zero-order valence-corrected chi connectivity index (χ0v) is 22.8. The summed E-state index contributed by atoms with van der Waals surface area (Å²) in [6, 6.07) is 10.9. The minimum atomic E-state index is -4.08. The number of benzene rings is 3. The summed E-state index contributed by atoms with van der Waals surface area (Å²) in [7, 11) is -4.08. The Labute approximate surface area is 222 Å². The Kier molecular flexibility index (Phi) is 6.92. The van der Waals surface area contributed by atoms with Crippen molar-refractivity contribution >= 4 is 43.6 Å². The summed E-state index contributed by atoms with van der Waals surface area (Å²) in [6.45, 7) is 1.64. The number of nitrogens with one attached hydrogen (secondary N) is 1.